The van der Waals surface area contributed by atoms with E-state index in [2.05, 4.69) is 36.4 Å². The molecule has 128 valence electrons. The first kappa shape index (κ1) is 16.5. The molecule has 6 heteroatoms. The molecule has 0 radical (unpaired) electrons. The average molecular weight is 407 g/mol. The van der Waals surface area contributed by atoms with Crippen LogP contribution < -0.4 is 5.32 Å². The summed E-state index contributed by atoms with van der Waals surface area (Å²) in [6.45, 7) is 1.49. The fraction of sp³-hybridized carbons (Fsp3) is 0.0500. The van der Waals surface area contributed by atoms with Crippen LogP contribution in [0.15, 0.2) is 65.1 Å². The molecule has 4 rings (SSSR count). The summed E-state index contributed by atoms with van der Waals surface area (Å²) in [5.41, 5.74) is 5.13. The highest BCUT2D eigenvalue weighted by atomic mass is 79.9. The molecule has 0 unspecified atom stereocenters. The summed E-state index contributed by atoms with van der Waals surface area (Å²) in [5, 5.41) is 11.2. The van der Waals surface area contributed by atoms with Crippen molar-refractivity contribution in [3.05, 3.63) is 65.1 Å². The molecular weight excluding hydrogens is 392 g/mol. The predicted molar refractivity (Wildman–Crippen MR) is 107 cm³/mol. The van der Waals surface area contributed by atoms with Crippen molar-refractivity contribution in [3.8, 4) is 22.5 Å². The van der Waals surface area contributed by atoms with E-state index >= 15 is 0 Å². The molecule has 2 aromatic carbocycles. The number of benzene rings is 2. The molecule has 1 amide bonds. The summed E-state index contributed by atoms with van der Waals surface area (Å²) in [5.74, 6) is -0.1000. The summed E-state index contributed by atoms with van der Waals surface area (Å²) in [6, 6.07) is 19.6. The smallest absolute Gasteiger partial charge is 0.221 e. The third-order valence-electron chi connectivity index (χ3n) is 4.03. The minimum Gasteiger partial charge on any atom is -0.326 e. The zero-order valence-electron chi connectivity index (χ0n) is 14.0. The second-order valence-corrected chi connectivity index (χ2v) is 6.85. The van der Waals surface area contributed by atoms with E-state index in [0.717, 1.165) is 38.1 Å². The lowest BCUT2D eigenvalue weighted by Crippen LogP contribution is -2.05. The molecule has 0 fully saturated rings. The Hall–Kier alpha value is -2.99. The Morgan fingerprint density at radius 1 is 1.04 bits per heavy atom. The fourth-order valence-electron chi connectivity index (χ4n) is 2.85. The van der Waals surface area contributed by atoms with Crippen LogP contribution in [-0.2, 0) is 4.79 Å². The lowest BCUT2D eigenvalue weighted by molar-refractivity contribution is -0.114. The zero-order chi connectivity index (χ0) is 18.1. The van der Waals surface area contributed by atoms with E-state index in [9.17, 15) is 4.79 Å². The lowest BCUT2D eigenvalue weighted by Gasteiger charge is -2.05. The van der Waals surface area contributed by atoms with Crippen LogP contribution in [0.2, 0.25) is 0 Å². The van der Waals surface area contributed by atoms with E-state index in [1.807, 2.05) is 60.7 Å². The zero-order valence-corrected chi connectivity index (χ0v) is 15.5. The number of nitrogens with zero attached hydrogens (tertiary/aromatic N) is 2. The lowest BCUT2D eigenvalue weighted by atomic mass is 10.1. The number of pyridine rings is 1. The van der Waals surface area contributed by atoms with Gasteiger partial charge in [-0.3, -0.25) is 9.89 Å². The summed E-state index contributed by atoms with van der Waals surface area (Å²) in [4.78, 5) is 15.9. The molecule has 0 bridgehead atoms. The number of fused-ring (bicyclic) bond motifs is 1. The van der Waals surface area contributed by atoms with E-state index in [-0.39, 0.29) is 5.91 Å². The van der Waals surface area contributed by atoms with E-state index in [4.69, 9.17) is 0 Å². The Bertz CT molecular complexity index is 1100. The van der Waals surface area contributed by atoms with Gasteiger partial charge in [0.05, 0.1) is 11.4 Å². The molecule has 5 nitrogen and oxygen atoms in total. The molecule has 0 saturated carbocycles. The molecule has 0 aliphatic heterocycles. The number of carbonyl (C=O) groups excluding carboxylic acids is 1. The van der Waals surface area contributed by atoms with Gasteiger partial charge < -0.3 is 5.32 Å². The second kappa shape index (κ2) is 6.72. The topological polar surface area (TPSA) is 70.7 Å². The van der Waals surface area contributed by atoms with Crippen LogP contribution in [-0.4, -0.2) is 21.1 Å². The Kier molecular flexibility index (Phi) is 4.26. The third kappa shape index (κ3) is 3.23. The molecule has 0 spiro atoms. The first-order valence-corrected chi connectivity index (χ1v) is 8.88. The van der Waals surface area contributed by atoms with Crippen molar-refractivity contribution in [1.82, 2.24) is 15.2 Å². The number of halogens is 1. The predicted octanol–water partition coefficient (Wildman–Crippen LogP) is 5.01. The van der Waals surface area contributed by atoms with Gasteiger partial charge in [-0.05, 0) is 36.4 Å². The second-order valence-electron chi connectivity index (χ2n) is 5.94. The number of nitrogens with one attached hydrogen (secondary N) is 2. The molecule has 4 aromatic rings. The summed E-state index contributed by atoms with van der Waals surface area (Å²) < 4.78 is 1.03. The quantitative estimate of drug-likeness (QED) is 0.502. The molecular formula is C20H15BrN4O. The molecule has 0 aliphatic rings. The van der Waals surface area contributed by atoms with Gasteiger partial charge in [0.2, 0.25) is 5.91 Å². The number of hydrogen-bond donors (Lipinski definition) is 2. The number of aromatic nitrogens is 3. The van der Waals surface area contributed by atoms with Crippen molar-refractivity contribution in [2.45, 2.75) is 6.92 Å². The Labute approximate surface area is 158 Å². The van der Waals surface area contributed by atoms with Gasteiger partial charge in [-0.25, -0.2) is 4.98 Å². The highest BCUT2D eigenvalue weighted by Crippen LogP contribution is 2.29. The summed E-state index contributed by atoms with van der Waals surface area (Å²) in [7, 11) is 0. The van der Waals surface area contributed by atoms with Gasteiger partial charge in [0.25, 0.3) is 0 Å². The van der Waals surface area contributed by atoms with E-state index in [1.54, 1.807) is 0 Å². The van der Waals surface area contributed by atoms with Crippen LogP contribution >= 0.6 is 15.9 Å². The van der Waals surface area contributed by atoms with Gasteiger partial charge >= 0.3 is 0 Å². The average Bonchev–Trinajstić information content (AvgIpc) is 3.05. The van der Waals surface area contributed by atoms with Crippen molar-refractivity contribution in [3.63, 3.8) is 0 Å². The van der Waals surface area contributed by atoms with Gasteiger partial charge in [0.1, 0.15) is 0 Å². The van der Waals surface area contributed by atoms with Crippen molar-refractivity contribution < 1.29 is 4.79 Å². The van der Waals surface area contributed by atoms with E-state index < -0.39 is 0 Å². The molecule has 26 heavy (non-hydrogen) atoms. The number of hydrogen-bond acceptors (Lipinski definition) is 3. The number of anilines is 1. The van der Waals surface area contributed by atoms with Crippen molar-refractivity contribution in [2.24, 2.45) is 0 Å². The number of H-pyrrole nitrogens is 1. The van der Waals surface area contributed by atoms with Crippen molar-refractivity contribution >= 4 is 38.6 Å². The number of carbonyl (C=O) groups is 1. The number of aromatic amines is 1. The Morgan fingerprint density at radius 2 is 1.85 bits per heavy atom. The maximum absolute atomic E-state index is 11.3. The third-order valence-corrected chi connectivity index (χ3v) is 4.56. The minimum atomic E-state index is -0.1000. The molecule has 0 saturated heterocycles. The van der Waals surface area contributed by atoms with Crippen LogP contribution in [0.25, 0.3) is 33.5 Å². The van der Waals surface area contributed by atoms with Gasteiger partial charge in [0.15, 0.2) is 5.65 Å². The highest BCUT2D eigenvalue weighted by Gasteiger charge is 2.10. The first-order valence-electron chi connectivity index (χ1n) is 8.09. The van der Waals surface area contributed by atoms with Crippen molar-refractivity contribution in [1.29, 1.82) is 0 Å². The maximum atomic E-state index is 11.3. The molecule has 2 aromatic heterocycles. The Balaban J connectivity index is 1.73. The summed E-state index contributed by atoms with van der Waals surface area (Å²) >= 11 is 3.45. The van der Waals surface area contributed by atoms with Gasteiger partial charge in [0, 0.05) is 33.6 Å². The first-order chi connectivity index (χ1) is 12.6. The molecule has 2 N–H and O–H groups in total. The standard InChI is InChI=1S/C20H15BrN4O/c1-12(26)22-16-4-2-3-14(11-16)18-10-9-17-19(24-25-20(17)23-18)13-5-7-15(21)8-6-13/h2-11H,1H3,(H,22,26)(H,23,24,25). The van der Waals surface area contributed by atoms with Crippen LogP contribution in [0, 0.1) is 0 Å². The van der Waals surface area contributed by atoms with Gasteiger partial charge in [-0.15, -0.1) is 0 Å². The summed E-state index contributed by atoms with van der Waals surface area (Å²) in [6.07, 6.45) is 0. The normalized spacial score (nSPS) is 10.8. The van der Waals surface area contributed by atoms with Gasteiger partial charge in [-0.2, -0.15) is 5.10 Å². The van der Waals surface area contributed by atoms with E-state index in [1.165, 1.54) is 6.92 Å². The fourth-order valence-corrected chi connectivity index (χ4v) is 3.12. The van der Waals surface area contributed by atoms with Gasteiger partial charge in [-0.1, -0.05) is 40.2 Å². The van der Waals surface area contributed by atoms with Crippen LogP contribution in [0.1, 0.15) is 6.92 Å². The maximum Gasteiger partial charge on any atom is 0.221 e. The van der Waals surface area contributed by atoms with Crippen LogP contribution in [0.5, 0.6) is 0 Å². The minimum absolute atomic E-state index is 0.1000. The van der Waals surface area contributed by atoms with Crippen molar-refractivity contribution in [2.75, 3.05) is 5.32 Å². The molecule has 0 atom stereocenters. The highest BCUT2D eigenvalue weighted by molar-refractivity contribution is 9.10. The monoisotopic (exact) mass is 406 g/mol. The molecule has 0 aliphatic carbocycles. The largest absolute Gasteiger partial charge is 0.326 e. The number of rotatable bonds is 3. The number of amides is 1. The Morgan fingerprint density at radius 3 is 2.62 bits per heavy atom. The SMILES string of the molecule is CC(=O)Nc1cccc(-c2ccc3c(-c4ccc(Br)cc4)[nH]nc3n2)c1. The molecule has 2 heterocycles. The van der Waals surface area contributed by atoms with Crippen LogP contribution in [0.4, 0.5) is 5.69 Å². The van der Waals surface area contributed by atoms with E-state index in [0.29, 0.717) is 5.65 Å². The van der Waals surface area contributed by atoms with Crippen LogP contribution in [0.3, 0.4) is 0 Å².